The molecule has 15 heavy (non-hydrogen) atoms. The third-order valence-electron chi connectivity index (χ3n) is 2.91. The Bertz CT molecular complexity index is 340. The molecule has 1 N–H and O–H groups in total. The van der Waals surface area contributed by atoms with Crippen molar-refractivity contribution in [2.24, 2.45) is 7.05 Å². The topological polar surface area (TPSA) is 47.3 Å². The van der Waals surface area contributed by atoms with Crippen LogP contribution < -0.4 is 0 Å². The van der Waals surface area contributed by atoms with Crippen molar-refractivity contribution in [2.75, 3.05) is 13.2 Å². The lowest BCUT2D eigenvalue weighted by atomic mass is 9.91. The second kappa shape index (κ2) is 3.94. The van der Waals surface area contributed by atoms with Gasteiger partial charge in [-0.1, -0.05) is 0 Å². The maximum Gasteiger partial charge on any atom is 0.0935 e. The molecule has 0 bridgehead atoms. The lowest BCUT2D eigenvalue weighted by Crippen LogP contribution is -2.41. The number of ether oxygens (including phenoxy) is 1. The van der Waals surface area contributed by atoms with E-state index in [1.165, 1.54) is 0 Å². The molecular formula is C11H18N2O2. The fourth-order valence-corrected chi connectivity index (χ4v) is 2.14. The van der Waals surface area contributed by atoms with E-state index in [0.717, 1.165) is 30.8 Å². The van der Waals surface area contributed by atoms with E-state index in [2.05, 4.69) is 5.10 Å². The van der Waals surface area contributed by atoms with Gasteiger partial charge in [0.2, 0.25) is 0 Å². The maximum atomic E-state index is 10.3. The lowest BCUT2D eigenvalue weighted by molar-refractivity contribution is -0.0853. The van der Waals surface area contributed by atoms with Crippen molar-refractivity contribution in [3.05, 3.63) is 17.5 Å². The fourth-order valence-electron chi connectivity index (χ4n) is 2.14. The van der Waals surface area contributed by atoms with Crippen LogP contribution in [0, 0.1) is 6.92 Å². The molecule has 0 saturated carbocycles. The summed E-state index contributed by atoms with van der Waals surface area (Å²) in [6.45, 7) is 3.18. The van der Waals surface area contributed by atoms with Gasteiger partial charge in [0.25, 0.3) is 0 Å². The number of aryl methyl sites for hydroxylation is 2. The van der Waals surface area contributed by atoms with Crippen LogP contribution in [0.25, 0.3) is 0 Å². The summed E-state index contributed by atoms with van der Waals surface area (Å²) in [4.78, 5) is 0. The number of aromatic nitrogens is 2. The first-order valence-corrected chi connectivity index (χ1v) is 5.39. The van der Waals surface area contributed by atoms with Crippen LogP contribution in [0.4, 0.5) is 0 Å². The van der Waals surface area contributed by atoms with Gasteiger partial charge < -0.3 is 9.84 Å². The molecule has 1 aromatic rings. The average molecular weight is 210 g/mol. The van der Waals surface area contributed by atoms with Crippen molar-refractivity contribution in [1.29, 1.82) is 0 Å². The highest BCUT2D eigenvalue weighted by Gasteiger charge is 2.31. The molecule has 4 heteroatoms. The van der Waals surface area contributed by atoms with E-state index in [1.807, 2.05) is 24.7 Å². The van der Waals surface area contributed by atoms with E-state index in [1.54, 1.807) is 0 Å². The number of aliphatic hydroxyl groups is 1. The second-order valence-corrected chi connectivity index (χ2v) is 4.46. The molecule has 1 aliphatic rings. The molecule has 0 spiro atoms. The number of hydrogen-bond donors (Lipinski definition) is 1. The average Bonchev–Trinajstić information content (AvgIpc) is 2.45. The van der Waals surface area contributed by atoms with E-state index in [0.29, 0.717) is 13.0 Å². The number of hydrogen-bond acceptors (Lipinski definition) is 3. The lowest BCUT2D eigenvalue weighted by Gasteiger charge is -2.31. The van der Waals surface area contributed by atoms with Gasteiger partial charge in [0.15, 0.2) is 0 Å². The first-order valence-electron chi connectivity index (χ1n) is 5.39. The van der Waals surface area contributed by atoms with E-state index in [9.17, 15) is 5.11 Å². The Kier molecular flexibility index (Phi) is 2.80. The zero-order chi connectivity index (χ0) is 10.9. The Hall–Kier alpha value is -0.870. The van der Waals surface area contributed by atoms with Crippen LogP contribution in [-0.2, 0) is 18.2 Å². The predicted octanol–water partition coefficient (Wildman–Crippen LogP) is 0.813. The van der Waals surface area contributed by atoms with Gasteiger partial charge in [-0.15, -0.1) is 0 Å². The molecule has 1 aromatic heterocycles. The van der Waals surface area contributed by atoms with Gasteiger partial charge in [0.05, 0.1) is 17.9 Å². The summed E-state index contributed by atoms with van der Waals surface area (Å²) in [7, 11) is 1.91. The number of nitrogens with zero attached hydrogens (tertiary/aromatic N) is 2. The summed E-state index contributed by atoms with van der Waals surface area (Å²) >= 11 is 0. The smallest absolute Gasteiger partial charge is 0.0935 e. The van der Waals surface area contributed by atoms with Gasteiger partial charge >= 0.3 is 0 Å². The summed E-state index contributed by atoms with van der Waals surface area (Å²) in [5.41, 5.74) is 1.37. The molecule has 2 rings (SSSR count). The monoisotopic (exact) mass is 210 g/mol. The van der Waals surface area contributed by atoms with Crippen LogP contribution in [-0.4, -0.2) is 33.7 Å². The normalized spacial score (nSPS) is 26.9. The largest absolute Gasteiger partial charge is 0.387 e. The van der Waals surface area contributed by atoms with Gasteiger partial charge in [-0.05, 0) is 25.8 Å². The first kappa shape index (κ1) is 10.6. The highest BCUT2D eigenvalue weighted by Crippen LogP contribution is 2.23. The quantitative estimate of drug-likeness (QED) is 0.786. The van der Waals surface area contributed by atoms with Crippen LogP contribution in [0.5, 0.6) is 0 Å². The molecule has 1 unspecified atom stereocenters. The van der Waals surface area contributed by atoms with Crippen LogP contribution >= 0.6 is 0 Å². The first-order chi connectivity index (χ1) is 7.09. The summed E-state index contributed by atoms with van der Waals surface area (Å²) in [5.74, 6) is 0. The minimum atomic E-state index is -0.696. The van der Waals surface area contributed by atoms with Crippen LogP contribution in [0.15, 0.2) is 6.07 Å². The van der Waals surface area contributed by atoms with E-state index in [4.69, 9.17) is 4.74 Å². The van der Waals surface area contributed by atoms with E-state index < -0.39 is 5.60 Å². The molecule has 1 aliphatic heterocycles. The van der Waals surface area contributed by atoms with Crippen molar-refractivity contribution in [2.45, 2.75) is 31.8 Å². The molecule has 0 radical (unpaired) electrons. The standard InChI is InChI=1S/C11H18N2O2/c1-9-6-10(13(2)12-9)7-11(14)4-3-5-15-8-11/h6,14H,3-5,7-8H2,1-2H3. The van der Waals surface area contributed by atoms with Crippen molar-refractivity contribution in [1.82, 2.24) is 9.78 Å². The Morgan fingerprint density at radius 1 is 1.67 bits per heavy atom. The molecule has 0 aliphatic carbocycles. The summed E-state index contributed by atoms with van der Waals surface area (Å²) < 4.78 is 7.16. The molecule has 1 fully saturated rings. The third kappa shape index (κ3) is 2.38. The number of rotatable bonds is 2. The van der Waals surface area contributed by atoms with Gasteiger partial charge in [0, 0.05) is 25.8 Å². The minimum Gasteiger partial charge on any atom is -0.387 e. The molecule has 1 atom stereocenters. The van der Waals surface area contributed by atoms with E-state index >= 15 is 0 Å². The predicted molar refractivity (Wildman–Crippen MR) is 56.7 cm³/mol. The van der Waals surface area contributed by atoms with Gasteiger partial charge in [0.1, 0.15) is 0 Å². The molecule has 0 amide bonds. The third-order valence-corrected chi connectivity index (χ3v) is 2.91. The van der Waals surface area contributed by atoms with Crippen molar-refractivity contribution in [3.63, 3.8) is 0 Å². The van der Waals surface area contributed by atoms with Gasteiger partial charge in [-0.3, -0.25) is 4.68 Å². The molecule has 84 valence electrons. The summed E-state index contributed by atoms with van der Waals surface area (Å²) in [5, 5.41) is 14.6. The summed E-state index contributed by atoms with van der Waals surface area (Å²) in [6, 6.07) is 2.02. The van der Waals surface area contributed by atoms with Crippen LogP contribution in [0.3, 0.4) is 0 Å². The highest BCUT2D eigenvalue weighted by atomic mass is 16.5. The molecule has 1 saturated heterocycles. The molecule has 0 aromatic carbocycles. The SMILES string of the molecule is Cc1cc(CC2(O)CCCOC2)n(C)n1. The molecular weight excluding hydrogens is 192 g/mol. The van der Waals surface area contributed by atoms with Crippen LogP contribution in [0.1, 0.15) is 24.2 Å². The molecule has 2 heterocycles. The van der Waals surface area contributed by atoms with Crippen LogP contribution in [0.2, 0.25) is 0 Å². The van der Waals surface area contributed by atoms with E-state index in [-0.39, 0.29) is 0 Å². The fraction of sp³-hybridized carbons (Fsp3) is 0.727. The van der Waals surface area contributed by atoms with Crippen molar-refractivity contribution >= 4 is 0 Å². The summed E-state index contributed by atoms with van der Waals surface area (Å²) in [6.07, 6.45) is 2.38. The Morgan fingerprint density at radius 2 is 2.47 bits per heavy atom. The highest BCUT2D eigenvalue weighted by molar-refractivity contribution is 5.11. The Labute approximate surface area is 89.9 Å². The Balaban J connectivity index is 2.09. The van der Waals surface area contributed by atoms with Gasteiger partial charge in [-0.25, -0.2) is 0 Å². The van der Waals surface area contributed by atoms with Gasteiger partial charge in [-0.2, -0.15) is 5.10 Å². The van der Waals surface area contributed by atoms with Crippen molar-refractivity contribution < 1.29 is 9.84 Å². The van der Waals surface area contributed by atoms with Crippen molar-refractivity contribution in [3.8, 4) is 0 Å². The maximum absolute atomic E-state index is 10.3. The second-order valence-electron chi connectivity index (χ2n) is 4.46. The Morgan fingerprint density at radius 3 is 3.00 bits per heavy atom. The zero-order valence-corrected chi connectivity index (χ0v) is 9.36. The molecule has 4 nitrogen and oxygen atoms in total. The zero-order valence-electron chi connectivity index (χ0n) is 9.36. The minimum absolute atomic E-state index is 0.442.